The summed E-state index contributed by atoms with van der Waals surface area (Å²) >= 11 is 1.76. The highest BCUT2D eigenvalue weighted by Crippen LogP contribution is 2.39. The van der Waals surface area contributed by atoms with Crippen LogP contribution in [0, 0.1) is 5.92 Å². The van der Waals surface area contributed by atoms with Crippen molar-refractivity contribution in [1.29, 1.82) is 0 Å². The number of rotatable bonds is 2. The molecule has 0 radical (unpaired) electrons. The van der Waals surface area contributed by atoms with Crippen molar-refractivity contribution in [2.45, 2.75) is 11.8 Å². The predicted molar refractivity (Wildman–Crippen MR) is 64.8 cm³/mol. The second-order valence-electron chi connectivity index (χ2n) is 4.13. The average Bonchev–Trinajstić information content (AvgIpc) is 2.94. The summed E-state index contributed by atoms with van der Waals surface area (Å²) in [6.45, 7) is 0.212. The van der Waals surface area contributed by atoms with E-state index in [-0.39, 0.29) is 17.5 Å². The van der Waals surface area contributed by atoms with Gasteiger partial charge in [-0.1, -0.05) is 0 Å². The Morgan fingerprint density at radius 1 is 1.59 bits per heavy atom. The van der Waals surface area contributed by atoms with Gasteiger partial charge in [-0.05, 0) is 12.3 Å². The van der Waals surface area contributed by atoms with Gasteiger partial charge >= 0.3 is 0 Å². The maximum atomic E-state index is 11.5. The van der Waals surface area contributed by atoms with Crippen LogP contribution in [0.1, 0.15) is 11.8 Å². The average molecular weight is 252 g/mol. The molecule has 0 aromatic carbocycles. The van der Waals surface area contributed by atoms with Crippen molar-refractivity contribution < 1.29 is 5.11 Å². The highest BCUT2D eigenvalue weighted by Gasteiger charge is 2.27. The molecular weight excluding hydrogens is 240 g/mol. The number of aromatic nitrogens is 4. The maximum Gasteiger partial charge on any atom is 0.278 e. The standard InChI is InChI=1S/C10H12N4O2S/c15-2-6-1-7(17-3-6)14-5-13-8-9(14)11-4-12-10(8)16/h4-7,15H,1-3H2,(H,11,12,16)/t6-,7?/m1/s1. The van der Waals surface area contributed by atoms with E-state index in [2.05, 4.69) is 15.0 Å². The summed E-state index contributed by atoms with van der Waals surface area (Å²) < 4.78 is 1.92. The number of aliphatic hydroxyl groups is 1. The van der Waals surface area contributed by atoms with Crippen molar-refractivity contribution in [3.63, 3.8) is 0 Å². The zero-order valence-corrected chi connectivity index (χ0v) is 9.85. The van der Waals surface area contributed by atoms with Crippen molar-refractivity contribution in [2.75, 3.05) is 12.4 Å². The van der Waals surface area contributed by atoms with Gasteiger partial charge in [0.15, 0.2) is 11.2 Å². The van der Waals surface area contributed by atoms with E-state index in [0.29, 0.717) is 17.1 Å². The molecule has 17 heavy (non-hydrogen) atoms. The van der Waals surface area contributed by atoms with Crippen molar-refractivity contribution in [2.24, 2.45) is 5.92 Å². The third kappa shape index (κ3) is 1.75. The van der Waals surface area contributed by atoms with Crippen LogP contribution in [0.2, 0.25) is 0 Å². The molecule has 2 aromatic heterocycles. The number of thioether (sulfide) groups is 1. The molecule has 1 unspecified atom stereocenters. The van der Waals surface area contributed by atoms with Gasteiger partial charge < -0.3 is 14.7 Å². The molecule has 1 fully saturated rings. The van der Waals surface area contributed by atoms with Gasteiger partial charge in [0, 0.05) is 12.4 Å². The van der Waals surface area contributed by atoms with Crippen LogP contribution in [0.25, 0.3) is 11.2 Å². The number of nitrogens with one attached hydrogen (secondary N) is 1. The summed E-state index contributed by atoms with van der Waals surface area (Å²) in [4.78, 5) is 22.3. The van der Waals surface area contributed by atoms with E-state index in [4.69, 9.17) is 5.11 Å². The number of nitrogens with zero attached hydrogens (tertiary/aromatic N) is 3. The number of fused-ring (bicyclic) bond motifs is 1. The van der Waals surface area contributed by atoms with E-state index < -0.39 is 0 Å². The highest BCUT2D eigenvalue weighted by molar-refractivity contribution is 7.99. The number of imidazole rings is 1. The fraction of sp³-hybridized carbons (Fsp3) is 0.500. The molecule has 90 valence electrons. The van der Waals surface area contributed by atoms with Crippen LogP contribution in [-0.4, -0.2) is 37.0 Å². The molecule has 3 heterocycles. The maximum absolute atomic E-state index is 11.5. The molecule has 1 saturated heterocycles. The third-order valence-electron chi connectivity index (χ3n) is 2.99. The third-order valence-corrected chi connectivity index (χ3v) is 4.46. The molecule has 2 atom stereocenters. The van der Waals surface area contributed by atoms with Crippen LogP contribution in [0.3, 0.4) is 0 Å². The van der Waals surface area contributed by atoms with Gasteiger partial charge in [0.2, 0.25) is 0 Å². The molecule has 0 bridgehead atoms. The van der Waals surface area contributed by atoms with Gasteiger partial charge in [0.1, 0.15) is 0 Å². The molecule has 6 nitrogen and oxygen atoms in total. The SMILES string of the molecule is O=c1[nH]cnc2c1ncn2C1C[C@H](CO)CS1. The monoisotopic (exact) mass is 252 g/mol. The molecule has 2 aromatic rings. The van der Waals surface area contributed by atoms with Gasteiger partial charge in [-0.15, -0.1) is 11.8 Å². The molecule has 2 N–H and O–H groups in total. The zero-order valence-electron chi connectivity index (χ0n) is 9.04. The van der Waals surface area contributed by atoms with E-state index in [1.165, 1.54) is 6.33 Å². The van der Waals surface area contributed by atoms with Gasteiger partial charge in [-0.2, -0.15) is 0 Å². The van der Waals surface area contributed by atoms with Gasteiger partial charge in [0.25, 0.3) is 5.56 Å². The van der Waals surface area contributed by atoms with Gasteiger partial charge in [-0.25, -0.2) is 9.97 Å². The second-order valence-corrected chi connectivity index (χ2v) is 5.34. The van der Waals surface area contributed by atoms with Crippen molar-refractivity contribution in [3.05, 3.63) is 23.0 Å². The van der Waals surface area contributed by atoms with Crippen LogP contribution in [-0.2, 0) is 0 Å². The lowest BCUT2D eigenvalue weighted by atomic mass is 10.1. The Labute approximate surface area is 101 Å². The summed E-state index contributed by atoms with van der Waals surface area (Å²) in [5, 5.41) is 9.34. The van der Waals surface area contributed by atoms with Crippen molar-refractivity contribution >= 4 is 22.9 Å². The molecule has 0 spiro atoms. The lowest BCUT2D eigenvalue weighted by molar-refractivity contribution is 0.233. The summed E-state index contributed by atoms with van der Waals surface area (Å²) in [6.07, 6.45) is 3.94. The van der Waals surface area contributed by atoms with Crippen molar-refractivity contribution in [1.82, 2.24) is 19.5 Å². The Morgan fingerprint density at radius 3 is 3.24 bits per heavy atom. The second kappa shape index (κ2) is 4.15. The van der Waals surface area contributed by atoms with Gasteiger partial charge in [-0.3, -0.25) is 4.79 Å². The topological polar surface area (TPSA) is 83.8 Å². The van der Waals surface area contributed by atoms with Crippen LogP contribution < -0.4 is 5.56 Å². The molecular formula is C10H12N4O2S. The molecule has 0 amide bonds. The minimum Gasteiger partial charge on any atom is -0.396 e. The normalized spacial score (nSPS) is 24.5. The van der Waals surface area contributed by atoms with E-state index >= 15 is 0 Å². The summed E-state index contributed by atoms with van der Waals surface area (Å²) in [6, 6.07) is 0. The number of aromatic amines is 1. The summed E-state index contributed by atoms with van der Waals surface area (Å²) in [7, 11) is 0. The first-order valence-corrected chi connectivity index (χ1v) is 6.47. The summed E-state index contributed by atoms with van der Waals surface area (Å²) in [5.74, 6) is 1.26. The minimum atomic E-state index is -0.213. The molecule has 0 saturated carbocycles. The smallest absolute Gasteiger partial charge is 0.278 e. The first kappa shape index (κ1) is 10.8. The first-order valence-electron chi connectivity index (χ1n) is 5.42. The molecule has 7 heteroatoms. The lowest BCUT2D eigenvalue weighted by Crippen LogP contribution is -2.09. The number of H-pyrrole nitrogens is 1. The Kier molecular flexibility index (Phi) is 2.64. The molecule has 0 aliphatic carbocycles. The van der Waals surface area contributed by atoms with E-state index in [1.54, 1.807) is 18.1 Å². The number of hydrogen-bond donors (Lipinski definition) is 2. The highest BCUT2D eigenvalue weighted by atomic mass is 32.2. The minimum absolute atomic E-state index is 0.212. The fourth-order valence-corrected chi connectivity index (χ4v) is 3.52. The summed E-state index contributed by atoms with van der Waals surface area (Å²) in [5.41, 5.74) is 0.779. The fourth-order valence-electron chi connectivity index (χ4n) is 2.06. The zero-order chi connectivity index (χ0) is 11.8. The molecule has 3 rings (SSSR count). The lowest BCUT2D eigenvalue weighted by Gasteiger charge is -2.11. The Hall–Kier alpha value is -1.34. The number of hydrogen-bond acceptors (Lipinski definition) is 5. The Morgan fingerprint density at radius 2 is 2.47 bits per heavy atom. The van der Waals surface area contributed by atoms with E-state index in [0.717, 1.165) is 12.2 Å². The Balaban J connectivity index is 2.02. The Bertz CT molecular complexity index is 593. The first-order chi connectivity index (χ1) is 8.29. The van der Waals surface area contributed by atoms with Crippen LogP contribution in [0.4, 0.5) is 0 Å². The predicted octanol–water partition coefficient (Wildman–Crippen LogP) is 0.364. The molecule has 1 aliphatic heterocycles. The van der Waals surface area contributed by atoms with Crippen LogP contribution in [0.15, 0.2) is 17.4 Å². The van der Waals surface area contributed by atoms with Crippen LogP contribution >= 0.6 is 11.8 Å². The largest absolute Gasteiger partial charge is 0.396 e. The van der Waals surface area contributed by atoms with E-state index in [1.807, 2.05) is 4.57 Å². The van der Waals surface area contributed by atoms with Crippen molar-refractivity contribution in [3.8, 4) is 0 Å². The molecule has 1 aliphatic rings. The van der Waals surface area contributed by atoms with Crippen LogP contribution in [0.5, 0.6) is 0 Å². The van der Waals surface area contributed by atoms with E-state index in [9.17, 15) is 4.79 Å². The quantitative estimate of drug-likeness (QED) is 0.806. The van der Waals surface area contributed by atoms with Gasteiger partial charge in [0.05, 0.1) is 18.0 Å². The number of aliphatic hydroxyl groups excluding tert-OH is 1.